The highest BCUT2D eigenvalue weighted by Crippen LogP contribution is 2.35. The molecule has 4 aromatic rings. The number of nitrogens with one attached hydrogen (secondary N) is 1. The van der Waals surface area contributed by atoms with Crippen LogP contribution in [0.3, 0.4) is 0 Å². The molecule has 7 heteroatoms. The number of rotatable bonds is 10. The van der Waals surface area contributed by atoms with Crippen LogP contribution in [0.2, 0.25) is 0 Å². The van der Waals surface area contributed by atoms with Crippen LogP contribution in [0.15, 0.2) is 97.1 Å². The van der Waals surface area contributed by atoms with Gasteiger partial charge in [0, 0.05) is 57.3 Å². The Balaban J connectivity index is 1.27. The Bertz CT molecular complexity index is 1610. The Morgan fingerprint density at radius 1 is 0.773 bits per heavy atom. The van der Waals surface area contributed by atoms with Crippen LogP contribution < -0.4 is 16.0 Å². The van der Waals surface area contributed by atoms with Gasteiger partial charge in [0.05, 0.1) is 11.4 Å². The summed E-state index contributed by atoms with van der Waals surface area (Å²) in [5, 5.41) is 3.21. The number of nitrogens with two attached hydrogens (primary N) is 1. The SMILES string of the molecule is CN1CCN(c2ccc(-c3cccc(CN(Cc4cccc(CN)c4)C(=O)C4CC4)c3)cc2NC(=O)c2ccccc2)CC1. The van der Waals surface area contributed by atoms with Crippen LogP contribution in [0.1, 0.15) is 39.9 Å². The minimum atomic E-state index is -0.125. The second-order valence-corrected chi connectivity index (χ2v) is 12.0. The highest BCUT2D eigenvalue weighted by Gasteiger charge is 2.33. The fourth-order valence-corrected chi connectivity index (χ4v) is 5.87. The van der Waals surface area contributed by atoms with E-state index < -0.39 is 0 Å². The van der Waals surface area contributed by atoms with Crippen molar-refractivity contribution in [3.8, 4) is 11.1 Å². The van der Waals surface area contributed by atoms with E-state index in [0.29, 0.717) is 25.2 Å². The van der Waals surface area contributed by atoms with Crippen molar-refractivity contribution >= 4 is 23.2 Å². The van der Waals surface area contributed by atoms with Crippen molar-refractivity contribution in [3.05, 3.63) is 119 Å². The zero-order valence-electron chi connectivity index (χ0n) is 25.4. The highest BCUT2D eigenvalue weighted by molar-refractivity contribution is 6.06. The molecule has 1 aliphatic carbocycles. The molecule has 0 bridgehead atoms. The normalized spacial score (nSPS) is 15.2. The van der Waals surface area contributed by atoms with E-state index in [0.717, 1.165) is 78.2 Å². The molecule has 2 amide bonds. The highest BCUT2D eigenvalue weighted by atomic mass is 16.2. The first-order valence-corrected chi connectivity index (χ1v) is 15.6. The summed E-state index contributed by atoms with van der Waals surface area (Å²) in [7, 11) is 2.14. The van der Waals surface area contributed by atoms with Crippen molar-refractivity contribution in [2.75, 3.05) is 43.4 Å². The number of benzene rings is 4. The van der Waals surface area contributed by atoms with Gasteiger partial charge in [-0.1, -0.05) is 66.7 Å². The van der Waals surface area contributed by atoms with Crippen LogP contribution in [0, 0.1) is 5.92 Å². The van der Waals surface area contributed by atoms with Gasteiger partial charge in [-0.05, 0) is 78.0 Å². The Hall–Kier alpha value is -4.46. The van der Waals surface area contributed by atoms with Crippen molar-refractivity contribution < 1.29 is 9.59 Å². The molecule has 6 rings (SSSR count). The Labute approximate surface area is 260 Å². The number of piperazine rings is 1. The number of hydrogen-bond donors (Lipinski definition) is 2. The van der Waals surface area contributed by atoms with Crippen molar-refractivity contribution in [2.24, 2.45) is 11.7 Å². The fraction of sp³-hybridized carbons (Fsp3) is 0.297. The maximum Gasteiger partial charge on any atom is 0.255 e. The lowest BCUT2D eigenvalue weighted by Gasteiger charge is -2.35. The molecule has 0 atom stereocenters. The van der Waals surface area contributed by atoms with E-state index in [2.05, 4.69) is 76.8 Å². The van der Waals surface area contributed by atoms with Crippen LogP contribution in [0.4, 0.5) is 11.4 Å². The third kappa shape index (κ3) is 7.18. The largest absolute Gasteiger partial charge is 0.367 e. The van der Waals surface area contributed by atoms with Crippen LogP contribution in [-0.2, 0) is 24.4 Å². The first kappa shape index (κ1) is 29.6. The third-order valence-electron chi connectivity index (χ3n) is 8.60. The molecule has 0 spiro atoms. The first-order valence-electron chi connectivity index (χ1n) is 15.6. The van der Waals surface area contributed by atoms with Gasteiger partial charge in [-0.15, -0.1) is 0 Å². The van der Waals surface area contributed by atoms with E-state index in [1.807, 2.05) is 47.4 Å². The molecule has 0 unspecified atom stereocenters. The monoisotopic (exact) mass is 587 g/mol. The summed E-state index contributed by atoms with van der Waals surface area (Å²) in [5.74, 6) is 0.226. The fourth-order valence-electron chi connectivity index (χ4n) is 5.87. The molecule has 44 heavy (non-hydrogen) atoms. The molecule has 2 aliphatic rings. The van der Waals surface area contributed by atoms with Crippen LogP contribution >= 0.6 is 0 Å². The Kier molecular flexibility index (Phi) is 9.05. The third-order valence-corrected chi connectivity index (χ3v) is 8.60. The van der Waals surface area contributed by atoms with E-state index in [9.17, 15) is 9.59 Å². The molecule has 2 fully saturated rings. The first-order chi connectivity index (χ1) is 21.5. The quantitative estimate of drug-likeness (QED) is 0.247. The lowest BCUT2D eigenvalue weighted by atomic mass is 10.0. The average molecular weight is 588 g/mol. The van der Waals surface area contributed by atoms with Crippen LogP contribution in [0.5, 0.6) is 0 Å². The van der Waals surface area contributed by atoms with E-state index in [1.54, 1.807) is 0 Å². The number of hydrogen-bond acceptors (Lipinski definition) is 5. The zero-order chi connectivity index (χ0) is 30.5. The maximum atomic E-state index is 13.3. The Morgan fingerprint density at radius 3 is 2.14 bits per heavy atom. The second kappa shape index (κ2) is 13.5. The van der Waals surface area contributed by atoms with Gasteiger partial charge in [0.2, 0.25) is 5.91 Å². The topological polar surface area (TPSA) is 81.9 Å². The number of carbonyl (C=O) groups is 2. The molecule has 0 radical (unpaired) electrons. The number of carbonyl (C=O) groups excluding carboxylic acids is 2. The molecule has 3 N–H and O–H groups in total. The summed E-state index contributed by atoms with van der Waals surface area (Å²) in [6.45, 7) is 5.33. The van der Waals surface area contributed by atoms with Crippen molar-refractivity contribution in [2.45, 2.75) is 32.5 Å². The van der Waals surface area contributed by atoms with Crippen molar-refractivity contribution in [3.63, 3.8) is 0 Å². The van der Waals surface area contributed by atoms with Crippen LogP contribution in [-0.4, -0.2) is 54.8 Å². The average Bonchev–Trinajstić information content (AvgIpc) is 3.91. The molecule has 4 aromatic carbocycles. The van der Waals surface area contributed by atoms with E-state index in [-0.39, 0.29) is 17.7 Å². The minimum Gasteiger partial charge on any atom is -0.367 e. The number of anilines is 2. The van der Waals surface area contributed by atoms with Gasteiger partial charge >= 0.3 is 0 Å². The molecule has 0 aromatic heterocycles. The summed E-state index contributed by atoms with van der Waals surface area (Å²) in [6, 6.07) is 32.3. The van der Waals surface area contributed by atoms with E-state index in [4.69, 9.17) is 5.73 Å². The maximum absolute atomic E-state index is 13.3. The second-order valence-electron chi connectivity index (χ2n) is 12.0. The van der Waals surface area contributed by atoms with Gasteiger partial charge in [0.25, 0.3) is 5.91 Å². The van der Waals surface area contributed by atoms with Gasteiger partial charge in [0.15, 0.2) is 0 Å². The molecule has 1 saturated heterocycles. The van der Waals surface area contributed by atoms with Crippen molar-refractivity contribution in [1.29, 1.82) is 0 Å². The van der Waals surface area contributed by atoms with Gasteiger partial charge in [-0.25, -0.2) is 0 Å². The summed E-state index contributed by atoms with van der Waals surface area (Å²) in [6.07, 6.45) is 1.94. The van der Waals surface area contributed by atoms with Gasteiger partial charge < -0.3 is 25.8 Å². The van der Waals surface area contributed by atoms with Crippen LogP contribution in [0.25, 0.3) is 11.1 Å². The lowest BCUT2D eigenvalue weighted by molar-refractivity contribution is -0.133. The predicted octanol–water partition coefficient (Wildman–Crippen LogP) is 5.76. The minimum absolute atomic E-state index is 0.125. The number of likely N-dealkylation sites (N-methyl/N-ethyl adjacent to an activating group) is 1. The number of nitrogens with zero attached hydrogens (tertiary/aromatic N) is 3. The zero-order valence-corrected chi connectivity index (χ0v) is 25.4. The van der Waals surface area contributed by atoms with E-state index in [1.165, 1.54) is 0 Å². The van der Waals surface area contributed by atoms with Gasteiger partial charge in [-0.2, -0.15) is 0 Å². The molecule has 226 valence electrons. The number of amides is 2. The van der Waals surface area contributed by atoms with Gasteiger partial charge in [0.1, 0.15) is 0 Å². The molecule has 1 saturated carbocycles. The standard InChI is InChI=1S/C37H41N5O2/c1-40-17-19-41(20-18-40)35-16-15-33(23-34(35)39-36(43)30-10-3-2-4-11-30)32-12-6-9-29(22-32)26-42(37(44)31-13-14-31)25-28-8-5-7-27(21-28)24-38/h2-12,15-16,21-23,31H,13-14,17-20,24-26,38H2,1H3,(H,39,43). The Morgan fingerprint density at radius 2 is 1.43 bits per heavy atom. The van der Waals surface area contributed by atoms with Crippen molar-refractivity contribution in [1.82, 2.24) is 9.80 Å². The lowest BCUT2D eigenvalue weighted by Crippen LogP contribution is -2.44. The van der Waals surface area contributed by atoms with Gasteiger partial charge in [-0.3, -0.25) is 9.59 Å². The molecule has 1 aliphatic heterocycles. The molecule has 1 heterocycles. The summed E-state index contributed by atoms with van der Waals surface area (Å²) in [4.78, 5) is 33.3. The molecule has 7 nitrogen and oxygen atoms in total. The summed E-state index contributed by atoms with van der Waals surface area (Å²) >= 11 is 0. The molecular weight excluding hydrogens is 546 g/mol. The summed E-state index contributed by atoms with van der Waals surface area (Å²) in [5.41, 5.74) is 13.6. The molecular formula is C37H41N5O2. The predicted molar refractivity (Wildman–Crippen MR) is 177 cm³/mol. The van der Waals surface area contributed by atoms with E-state index >= 15 is 0 Å². The summed E-state index contributed by atoms with van der Waals surface area (Å²) < 4.78 is 0. The smallest absolute Gasteiger partial charge is 0.255 e.